The van der Waals surface area contributed by atoms with E-state index in [1.165, 1.54) is 4.90 Å². The van der Waals surface area contributed by atoms with E-state index in [1.807, 2.05) is 6.92 Å². The highest BCUT2D eigenvalue weighted by molar-refractivity contribution is 5.49. The van der Waals surface area contributed by atoms with Gasteiger partial charge in [-0.25, -0.2) is 4.39 Å². The maximum atomic E-state index is 13.7. The number of rotatable bonds is 5. The number of hydrogen-bond donors (Lipinski definition) is 1. The van der Waals surface area contributed by atoms with Crippen LogP contribution >= 0.6 is 0 Å². The van der Waals surface area contributed by atoms with Crippen molar-refractivity contribution >= 4 is 5.69 Å². The Kier molecular flexibility index (Phi) is 4.95. The molecule has 0 radical (unpaired) electrons. The Morgan fingerprint density at radius 2 is 1.89 bits per heavy atom. The number of anilines is 1. The number of benzene rings is 1. The van der Waals surface area contributed by atoms with Crippen LogP contribution in [0.5, 0.6) is 0 Å². The molecule has 18 heavy (non-hydrogen) atoms. The average molecular weight is 265 g/mol. The van der Waals surface area contributed by atoms with Gasteiger partial charge in [-0.15, -0.1) is 0 Å². The Labute approximate surface area is 103 Å². The van der Waals surface area contributed by atoms with E-state index in [-0.39, 0.29) is 18.8 Å². The molecule has 0 saturated carbocycles. The highest BCUT2D eigenvalue weighted by atomic mass is 19.4. The Balaban J connectivity index is 3.03. The lowest BCUT2D eigenvalue weighted by Crippen LogP contribution is -2.28. The molecule has 0 fully saturated rings. The van der Waals surface area contributed by atoms with Crippen LogP contribution in [0.2, 0.25) is 0 Å². The summed E-state index contributed by atoms with van der Waals surface area (Å²) in [4.78, 5) is 1.52. The van der Waals surface area contributed by atoms with Crippen LogP contribution < -0.4 is 4.90 Å². The molecule has 102 valence electrons. The minimum Gasteiger partial charge on any atom is -0.395 e. The Morgan fingerprint density at radius 1 is 1.22 bits per heavy atom. The van der Waals surface area contributed by atoms with Gasteiger partial charge in [0.2, 0.25) is 0 Å². The monoisotopic (exact) mass is 265 g/mol. The summed E-state index contributed by atoms with van der Waals surface area (Å²) in [6.45, 7) is 2.35. The smallest absolute Gasteiger partial charge is 0.395 e. The second-order valence-electron chi connectivity index (χ2n) is 3.87. The summed E-state index contributed by atoms with van der Waals surface area (Å²) in [5, 5.41) is 8.86. The number of alkyl halides is 3. The first kappa shape index (κ1) is 14.8. The number of aliphatic hydroxyl groups is 1. The van der Waals surface area contributed by atoms with Gasteiger partial charge in [0.05, 0.1) is 17.9 Å². The average Bonchev–Trinajstić information content (AvgIpc) is 2.27. The lowest BCUT2D eigenvalue weighted by molar-refractivity contribution is -0.137. The number of aliphatic hydroxyl groups excluding tert-OH is 1. The van der Waals surface area contributed by atoms with Gasteiger partial charge in [0.15, 0.2) is 0 Å². The lowest BCUT2D eigenvalue weighted by Gasteiger charge is -2.24. The molecule has 0 aromatic heterocycles. The van der Waals surface area contributed by atoms with Crippen LogP contribution in [-0.4, -0.2) is 24.8 Å². The lowest BCUT2D eigenvalue weighted by atomic mass is 10.1. The van der Waals surface area contributed by atoms with Crippen molar-refractivity contribution in [2.24, 2.45) is 0 Å². The molecule has 1 rings (SSSR count). The van der Waals surface area contributed by atoms with E-state index < -0.39 is 17.6 Å². The van der Waals surface area contributed by atoms with Crippen LogP contribution in [0, 0.1) is 5.82 Å². The largest absolute Gasteiger partial charge is 0.416 e. The minimum atomic E-state index is -4.55. The molecule has 2 nitrogen and oxygen atoms in total. The molecule has 0 bridgehead atoms. The normalized spacial score (nSPS) is 11.7. The van der Waals surface area contributed by atoms with Crippen molar-refractivity contribution < 1.29 is 22.7 Å². The van der Waals surface area contributed by atoms with Gasteiger partial charge in [-0.05, 0) is 24.6 Å². The van der Waals surface area contributed by atoms with Crippen molar-refractivity contribution in [2.45, 2.75) is 19.5 Å². The molecular formula is C12H15F4NO. The summed E-state index contributed by atoms with van der Waals surface area (Å²) < 4.78 is 50.8. The third kappa shape index (κ3) is 3.60. The number of nitrogens with zero attached hydrogens (tertiary/aromatic N) is 1. The number of halogens is 4. The van der Waals surface area contributed by atoms with E-state index in [2.05, 4.69) is 0 Å². The Morgan fingerprint density at radius 3 is 2.33 bits per heavy atom. The second kappa shape index (κ2) is 6.04. The Hall–Kier alpha value is -1.30. The molecule has 0 aliphatic heterocycles. The van der Waals surface area contributed by atoms with Gasteiger partial charge in [-0.1, -0.05) is 6.92 Å². The molecule has 1 aromatic carbocycles. The molecule has 0 unspecified atom stereocenters. The standard InChI is InChI=1S/C12H15F4NO/c1-2-5-17(6-7-18)11-4-3-9(8-10(11)13)12(14,15)16/h3-4,8,18H,2,5-7H2,1H3. The Bertz CT molecular complexity index is 386. The predicted molar refractivity (Wildman–Crippen MR) is 61.0 cm³/mol. The van der Waals surface area contributed by atoms with Crippen LogP contribution in [0.25, 0.3) is 0 Å². The first-order valence-electron chi connectivity index (χ1n) is 5.62. The predicted octanol–water partition coefficient (Wildman–Crippen LogP) is 3.05. The van der Waals surface area contributed by atoms with Crippen molar-refractivity contribution in [3.05, 3.63) is 29.6 Å². The van der Waals surface area contributed by atoms with E-state index in [0.29, 0.717) is 19.0 Å². The van der Waals surface area contributed by atoms with Crippen molar-refractivity contribution in [3.8, 4) is 0 Å². The first-order chi connectivity index (χ1) is 8.40. The van der Waals surface area contributed by atoms with Gasteiger partial charge in [0, 0.05) is 13.1 Å². The van der Waals surface area contributed by atoms with Gasteiger partial charge >= 0.3 is 6.18 Å². The van der Waals surface area contributed by atoms with Crippen LogP contribution in [-0.2, 0) is 6.18 Å². The topological polar surface area (TPSA) is 23.5 Å². The molecule has 0 saturated heterocycles. The molecular weight excluding hydrogens is 250 g/mol. The zero-order valence-corrected chi connectivity index (χ0v) is 9.97. The highest BCUT2D eigenvalue weighted by Gasteiger charge is 2.31. The van der Waals surface area contributed by atoms with Crippen molar-refractivity contribution in [3.63, 3.8) is 0 Å². The van der Waals surface area contributed by atoms with E-state index in [4.69, 9.17) is 5.11 Å². The van der Waals surface area contributed by atoms with Gasteiger partial charge in [-0.2, -0.15) is 13.2 Å². The molecule has 0 heterocycles. The van der Waals surface area contributed by atoms with E-state index in [1.54, 1.807) is 0 Å². The molecule has 1 aromatic rings. The van der Waals surface area contributed by atoms with Gasteiger partial charge in [0.1, 0.15) is 5.82 Å². The molecule has 0 spiro atoms. The van der Waals surface area contributed by atoms with Crippen molar-refractivity contribution in [2.75, 3.05) is 24.6 Å². The molecule has 1 N–H and O–H groups in total. The van der Waals surface area contributed by atoms with Gasteiger partial charge in [0.25, 0.3) is 0 Å². The highest BCUT2D eigenvalue weighted by Crippen LogP contribution is 2.32. The maximum Gasteiger partial charge on any atom is 0.416 e. The van der Waals surface area contributed by atoms with E-state index >= 15 is 0 Å². The van der Waals surface area contributed by atoms with Gasteiger partial charge in [-0.3, -0.25) is 0 Å². The third-order valence-corrected chi connectivity index (χ3v) is 2.48. The van der Waals surface area contributed by atoms with E-state index in [0.717, 1.165) is 12.1 Å². The summed E-state index contributed by atoms with van der Waals surface area (Å²) >= 11 is 0. The first-order valence-corrected chi connectivity index (χ1v) is 5.62. The summed E-state index contributed by atoms with van der Waals surface area (Å²) in [7, 11) is 0. The molecule has 0 atom stereocenters. The maximum absolute atomic E-state index is 13.7. The van der Waals surface area contributed by atoms with Crippen molar-refractivity contribution in [1.82, 2.24) is 0 Å². The zero-order chi connectivity index (χ0) is 13.8. The molecule has 0 aliphatic carbocycles. The third-order valence-electron chi connectivity index (χ3n) is 2.48. The van der Waals surface area contributed by atoms with Crippen molar-refractivity contribution in [1.29, 1.82) is 0 Å². The molecule has 0 amide bonds. The van der Waals surface area contributed by atoms with Crippen LogP contribution in [0.15, 0.2) is 18.2 Å². The summed E-state index contributed by atoms with van der Waals surface area (Å²) in [5.74, 6) is -0.924. The summed E-state index contributed by atoms with van der Waals surface area (Å²) in [5.41, 5.74) is -0.928. The fourth-order valence-corrected chi connectivity index (χ4v) is 1.68. The molecule has 0 aliphatic rings. The van der Waals surface area contributed by atoms with Gasteiger partial charge < -0.3 is 10.0 Å². The van der Waals surface area contributed by atoms with E-state index in [9.17, 15) is 17.6 Å². The fourth-order valence-electron chi connectivity index (χ4n) is 1.68. The second-order valence-corrected chi connectivity index (χ2v) is 3.87. The van der Waals surface area contributed by atoms with Crippen LogP contribution in [0.3, 0.4) is 0 Å². The quantitative estimate of drug-likeness (QED) is 0.827. The zero-order valence-electron chi connectivity index (χ0n) is 9.97. The SMILES string of the molecule is CCCN(CCO)c1ccc(C(F)(F)F)cc1F. The summed E-state index contributed by atoms with van der Waals surface area (Å²) in [6, 6.07) is 2.43. The van der Waals surface area contributed by atoms with Crippen LogP contribution in [0.4, 0.5) is 23.2 Å². The summed E-state index contributed by atoms with van der Waals surface area (Å²) in [6.07, 6.45) is -3.84. The fraction of sp³-hybridized carbons (Fsp3) is 0.500. The minimum absolute atomic E-state index is 0.0823. The number of hydrogen-bond acceptors (Lipinski definition) is 2. The molecule has 6 heteroatoms. The van der Waals surface area contributed by atoms with Crippen LogP contribution in [0.1, 0.15) is 18.9 Å².